The van der Waals surface area contributed by atoms with Crippen LogP contribution in [-0.4, -0.2) is 26.1 Å². The van der Waals surface area contributed by atoms with Crippen LogP contribution in [0.1, 0.15) is 16.7 Å². The summed E-state index contributed by atoms with van der Waals surface area (Å²) < 4.78 is 54.5. The van der Waals surface area contributed by atoms with Gasteiger partial charge in [-0.2, -0.15) is 8.42 Å². The number of aryl methyl sites for hydroxylation is 1. The maximum Gasteiger partial charge on any atom is 0.294 e. The molecule has 0 bridgehead atoms. The first kappa shape index (κ1) is 24.0. The first-order valence-corrected chi connectivity index (χ1v) is 11.6. The average Bonchev–Trinajstić information content (AvgIpc) is 3.20. The molecular weight excluding hydrogens is 457 g/mol. The molecule has 4 rings (SSSR count). The third-order valence-corrected chi connectivity index (χ3v) is 5.89. The van der Waals surface area contributed by atoms with Crippen LogP contribution in [0.5, 0.6) is 17.2 Å². The van der Waals surface area contributed by atoms with Crippen LogP contribution < -0.4 is 15.2 Å². The Labute approximate surface area is 191 Å². The van der Waals surface area contributed by atoms with E-state index in [1.807, 2.05) is 25.1 Å². The lowest BCUT2D eigenvalue weighted by molar-refractivity contribution is 0.355. The van der Waals surface area contributed by atoms with Gasteiger partial charge >= 0.3 is 0 Å². The van der Waals surface area contributed by atoms with Gasteiger partial charge in [-0.1, -0.05) is 35.4 Å². The van der Waals surface area contributed by atoms with E-state index in [1.165, 1.54) is 29.8 Å². The Morgan fingerprint density at radius 1 is 1.16 bits per heavy atom. The zero-order valence-corrected chi connectivity index (χ0v) is 18.9. The summed E-state index contributed by atoms with van der Waals surface area (Å²) >= 11 is 5.84. The highest BCUT2D eigenvalue weighted by atomic mass is 35.5. The van der Waals surface area contributed by atoms with Crippen LogP contribution in [-0.2, 0) is 23.0 Å². The normalized spacial score (nSPS) is 12.4. The van der Waals surface area contributed by atoms with Gasteiger partial charge in [0.05, 0.1) is 16.5 Å². The molecule has 3 aromatic rings. The fourth-order valence-corrected chi connectivity index (χ4v) is 3.70. The third-order valence-electron chi connectivity index (χ3n) is 4.73. The SMILES string of the molecule is Cc1ccc(S(=O)(=O)O)cc1.NCCc1cc(F)c(Cl)cc1Oc1ccc2c(c1)OCC2. The monoisotopic (exact) mass is 479 g/mol. The zero-order chi connectivity index (χ0) is 23.3. The summed E-state index contributed by atoms with van der Waals surface area (Å²) in [5, 5.41) is 0.0307. The van der Waals surface area contributed by atoms with Gasteiger partial charge in [0.15, 0.2) is 0 Å². The second-order valence-corrected chi connectivity index (χ2v) is 9.00. The van der Waals surface area contributed by atoms with Crippen molar-refractivity contribution in [3.8, 4) is 17.2 Å². The van der Waals surface area contributed by atoms with E-state index in [2.05, 4.69) is 0 Å². The van der Waals surface area contributed by atoms with Crippen LogP contribution in [0.3, 0.4) is 0 Å². The van der Waals surface area contributed by atoms with Crippen molar-refractivity contribution in [1.29, 1.82) is 0 Å². The molecular formula is C23H23ClFNO5S. The molecule has 0 spiro atoms. The van der Waals surface area contributed by atoms with E-state index in [9.17, 15) is 12.8 Å². The van der Waals surface area contributed by atoms with Crippen molar-refractivity contribution in [1.82, 2.24) is 0 Å². The number of hydrogen-bond donors (Lipinski definition) is 2. The lowest BCUT2D eigenvalue weighted by Crippen LogP contribution is -2.04. The van der Waals surface area contributed by atoms with E-state index in [4.69, 9.17) is 31.4 Å². The maximum absolute atomic E-state index is 13.6. The van der Waals surface area contributed by atoms with Crippen LogP contribution in [0.2, 0.25) is 5.02 Å². The van der Waals surface area contributed by atoms with Crippen molar-refractivity contribution in [2.24, 2.45) is 5.73 Å². The Kier molecular flexibility index (Phi) is 7.73. The van der Waals surface area contributed by atoms with Crippen molar-refractivity contribution in [2.45, 2.75) is 24.7 Å². The highest BCUT2D eigenvalue weighted by Crippen LogP contribution is 2.34. The molecule has 0 radical (unpaired) electrons. The van der Waals surface area contributed by atoms with E-state index in [1.54, 1.807) is 12.1 Å². The van der Waals surface area contributed by atoms with Gasteiger partial charge in [0.2, 0.25) is 0 Å². The molecule has 6 nitrogen and oxygen atoms in total. The summed E-state index contributed by atoms with van der Waals surface area (Å²) in [5.41, 5.74) is 8.37. The minimum atomic E-state index is -4.02. The van der Waals surface area contributed by atoms with E-state index in [0.717, 1.165) is 17.7 Å². The lowest BCUT2D eigenvalue weighted by Gasteiger charge is -2.12. The summed E-state index contributed by atoms with van der Waals surface area (Å²) in [6, 6.07) is 14.5. The van der Waals surface area contributed by atoms with Gasteiger partial charge in [0.1, 0.15) is 23.1 Å². The number of fused-ring (bicyclic) bond motifs is 1. The van der Waals surface area contributed by atoms with Crippen LogP contribution in [0, 0.1) is 12.7 Å². The van der Waals surface area contributed by atoms with Gasteiger partial charge < -0.3 is 15.2 Å². The van der Waals surface area contributed by atoms with Crippen LogP contribution in [0.15, 0.2) is 59.5 Å². The van der Waals surface area contributed by atoms with Crippen LogP contribution >= 0.6 is 11.6 Å². The highest BCUT2D eigenvalue weighted by molar-refractivity contribution is 7.85. The third kappa shape index (κ3) is 6.20. The van der Waals surface area contributed by atoms with Crippen LogP contribution in [0.25, 0.3) is 0 Å². The molecule has 3 aromatic carbocycles. The summed E-state index contributed by atoms with van der Waals surface area (Å²) in [6.07, 6.45) is 1.43. The Bertz CT molecular complexity index is 1200. The summed E-state index contributed by atoms with van der Waals surface area (Å²) in [6.45, 7) is 2.94. The Hall–Kier alpha value is -2.65. The Morgan fingerprint density at radius 2 is 1.88 bits per heavy atom. The fraction of sp³-hybridized carbons (Fsp3) is 0.217. The summed E-state index contributed by atoms with van der Waals surface area (Å²) in [7, 11) is -4.02. The number of nitrogens with two attached hydrogens (primary N) is 1. The smallest absolute Gasteiger partial charge is 0.294 e. The van der Waals surface area contributed by atoms with Crippen molar-refractivity contribution >= 4 is 21.7 Å². The van der Waals surface area contributed by atoms with E-state index < -0.39 is 15.9 Å². The van der Waals surface area contributed by atoms with Crippen molar-refractivity contribution in [3.05, 3.63) is 82.1 Å². The minimum absolute atomic E-state index is 0.0307. The molecule has 1 aliphatic heterocycles. The largest absolute Gasteiger partial charge is 0.493 e. The van der Waals surface area contributed by atoms with Crippen molar-refractivity contribution in [2.75, 3.05) is 13.2 Å². The van der Waals surface area contributed by atoms with Crippen molar-refractivity contribution in [3.63, 3.8) is 0 Å². The van der Waals surface area contributed by atoms with Gasteiger partial charge in [0.25, 0.3) is 10.1 Å². The first-order chi connectivity index (χ1) is 15.2. The molecule has 0 aliphatic carbocycles. The maximum atomic E-state index is 13.6. The van der Waals surface area contributed by atoms with E-state index >= 15 is 0 Å². The van der Waals surface area contributed by atoms with E-state index in [-0.39, 0.29) is 9.92 Å². The standard InChI is InChI=1S/C16H15ClFNO2.C7H8O3S/c17-13-9-16(11(3-5-19)7-14(13)18)21-12-2-1-10-4-6-20-15(10)8-12;1-6-2-4-7(5-3-6)11(8,9)10/h1-2,7-9H,3-6,19H2;2-5H,1H3,(H,8,9,10). The number of halogens is 2. The molecule has 0 aromatic heterocycles. The molecule has 3 N–H and O–H groups in total. The molecule has 32 heavy (non-hydrogen) atoms. The zero-order valence-electron chi connectivity index (χ0n) is 17.3. The second kappa shape index (κ2) is 10.3. The van der Waals surface area contributed by atoms with Crippen LogP contribution in [0.4, 0.5) is 4.39 Å². The summed E-state index contributed by atoms with van der Waals surface area (Å²) in [5.74, 6) is 1.52. The average molecular weight is 480 g/mol. The van der Waals surface area contributed by atoms with Gasteiger partial charge in [-0.3, -0.25) is 4.55 Å². The number of hydrogen-bond acceptors (Lipinski definition) is 5. The Morgan fingerprint density at radius 3 is 2.53 bits per heavy atom. The molecule has 0 saturated heterocycles. The van der Waals surface area contributed by atoms with Gasteiger partial charge in [-0.15, -0.1) is 0 Å². The molecule has 9 heteroatoms. The molecule has 0 fully saturated rings. The number of rotatable bonds is 5. The topological polar surface area (TPSA) is 98.9 Å². The predicted octanol–water partition coefficient (Wildman–Crippen LogP) is 4.95. The van der Waals surface area contributed by atoms with Crippen molar-refractivity contribution < 1.29 is 26.8 Å². The quantitative estimate of drug-likeness (QED) is 0.502. The molecule has 0 amide bonds. The van der Waals surface area contributed by atoms with Gasteiger partial charge in [0, 0.05) is 18.6 Å². The second-order valence-electron chi connectivity index (χ2n) is 7.17. The highest BCUT2D eigenvalue weighted by Gasteiger charge is 2.15. The fourth-order valence-electron chi connectivity index (χ4n) is 3.06. The molecule has 1 heterocycles. The number of ether oxygens (including phenoxy) is 2. The Balaban J connectivity index is 0.000000222. The lowest BCUT2D eigenvalue weighted by atomic mass is 10.1. The predicted molar refractivity (Wildman–Crippen MR) is 121 cm³/mol. The molecule has 0 saturated carbocycles. The van der Waals surface area contributed by atoms with Gasteiger partial charge in [-0.25, -0.2) is 4.39 Å². The molecule has 1 aliphatic rings. The first-order valence-electron chi connectivity index (χ1n) is 9.83. The molecule has 170 valence electrons. The van der Waals surface area contributed by atoms with Gasteiger partial charge in [-0.05, 0) is 55.3 Å². The van der Waals surface area contributed by atoms with E-state index in [0.29, 0.717) is 36.6 Å². The molecule has 0 atom stereocenters. The summed E-state index contributed by atoms with van der Waals surface area (Å²) in [4.78, 5) is -0.0666. The minimum Gasteiger partial charge on any atom is -0.493 e. The molecule has 0 unspecified atom stereocenters. The number of benzene rings is 3.